The monoisotopic (exact) mass is 294 g/mol. The van der Waals surface area contributed by atoms with E-state index in [2.05, 4.69) is 33.9 Å². The number of carbonyl (C=O) groups is 1. The molecule has 0 aliphatic heterocycles. The minimum Gasteiger partial charge on any atom is -0.417 e. The van der Waals surface area contributed by atoms with Crippen LogP contribution in [-0.4, -0.2) is 20.7 Å². The molecule has 0 amide bonds. The second-order valence-electron chi connectivity index (χ2n) is 8.16. The molecule has 0 saturated heterocycles. The van der Waals surface area contributed by atoms with E-state index in [1.165, 1.54) is 18.4 Å². The van der Waals surface area contributed by atoms with E-state index in [0.29, 0.717) is 5.78 Å². The fourth-order valence-electron chi connectivity index (χ4n) is 3.38. The topological polar surface area (TPSA) is 26.3 Å². The molecule has 2 rings (SSSR count). The number of hydrogen-bond donors (Lipinski definition) is 0. The van der Waals surface area contributed by atoms with Gasteiger partial charge in [-0.1, -0.05) is 26.3 Å². The highest BCUT2D eigenvalue weighted by Crippen LogP contribution is 2.52. The maximum absolute atomic E-state index is 11.7. The summed E-state index contributed by atoms with van der Waals surface area (Å²) in [7, 11) is -1.61. The van der Waals surface area contributed by atoms with Crippen molar-refractivity contribution in [3.05, 3.63) is 11.6 Å². The van der Waals surface area contributed by atoms with Gasteiger partial charge >= 0.3 is 0 Å². The van der Waals surface area contributed by atoms with Gasteiger partial charge in [0.15, 0.2) is 14.1 Å². The zero-order valence-corrected chi connectivity index (χ0v) is 14.8. The second kappa shape index (κ2) is 5.41. The lowest BCUT2D eigenvalue weighted by atomic mass is 9.79. The molecule has 114 valence electrons. The van der Waals surface area contributed by atoms with Crippen molar-refractivity contribution in [2.45, 2.75) is 77.4 Å². The van der Waals surface area contributed by atoms with E-state index in [-0.39, 0.29) is 10.5 Å². The van der Waals surface area contributed by atoms with Gasteiger partial charge in [0.2, 0.25) is 0 Å². The van der Waals surface area contributed by atoms with Crippen LogP contribution in [0.3, 0.4) is 0 Å². The van der Waals surface area contributed by atoms with Gasteiger partial charge in [-0.25, -0.2) is 0 Å². The molecule has 2 aliphatic rings. The van der Waals surface area contributed by atoms with Crippen molar-refractivity contribution >= 4 is 14.1 Å². The van der Waals surface area contributed by atoms with Crippen LogP contribution in [0.25, 0.3) is 0 Å². The molecule has 3 heteroatoms. The first kappa shape index (κ1) is 16.0. The minimum atomic E-state index is -1.61. The highest BCUT2D eigenvalue weighted by Gasteiger charge is 2.43. The average molecular weight is 295 g/mol. The third-order valence-corrected chi connectivity index (χ3v) is 10.2. The van der Waals surface area contributed by atoms with Crippen molar-refractivity contribution in [1.82, 2.24) is 0 Å². The molecule has 0 N–H and O–H groups in total. The normalized spacial score (nSPS) is 26.9. The molecule has 0 aromatic carbocycles. The average Bonchev–Trinajstić information content (AvgIpc) is 2.78. The number of ketones is 1. The van der Waals surface area contributed by atoms with Crippen LogP contribution in [0.1, 0.15) is 59.3 Å². The molecule has 0 aromatic rings. The molecular formula is C17H30O2Si. The largest absolute Gasteiger partial charge is 0.417 e. The predicted octanol–water partition coefficient (Wildman–Crippen LogP) is 4.86. The van der Waals surface area contributed by atoms with Crippen LogP contribution >= 0.6 is 0 Å². The molecule has 1 fully saturated rings. The van der Waals surface area contributed by atoms with Crippen LogP contribution in [0.4, 0.5) is 0 Å². The van der Waals surface area contributed by atoms with Crippen molar-refractivity contribution in [3.63, 3.8) is 0 Å². The lowest BCUT2D eigenvalue weighted by molar-refractivity contribution is -0.115. The van der Waals surface area contributed by atoms with Gasteiger partial charge in [0.25, 0.3) is 0 Å². The Morgan fingerprint density at radius 2 is 2.05 bits per heavy atom. The standard InChI is InChI=1S/C17H30O2Si/c1-16(2,3)20(4,5)19-11-7-10-17-9-6-8-14(17)12-15(18)13-17/h12H,6-11,13H2,1-5H3. The number of hydrogen-bond acceptors (Lipinski definition) is 2. The highest BCUT2D eigenvalue weighted by molar-refractivity contribution is 6.74. The third-order valence-electron chi connectivity index (χ3n) is 5.70. The van der Waals surface area contributed by atoms with Crippen LogP contribution in [0.2, 0.25) is 18.1 Å². The van der Waals surface area contributed by atoms with E-state index >= 15 is 0 Å². The minimum absolute atomic E-state index is 0.230. The van der Waals surface area contributed by atoms with Gasteiger partial charge in [0.1, 0.15) is 0 Å². The smallest absolute Gasteiger partial charge is 0.191 e. The van der Waals surface area contributed by atoms with E-state index in [1.54, 1.807) is 0 Å². The molecule has 1 saturated carbocycles. The van der Waals surface area contributed by atoms with E-state index < -0.39 is 8.32 Å². The summed E-state index contributed by atoms with van der Waals surface area (Å²) >= 11 is 0. The van der Waals surface area contributed by atoms with E-state index in [1.807, 2.05) is 6.08 Å². The zero-order valence-electron chi connectivity index (χ0n) is 13.8. The number of rotatable bonds is 5. The SMILES string of the molecule is CC(C)(C)[Si](C)(C)OCCCC12CCCC1=CC(=O)C2. The fourth-order valence-corrected chi connectivity index (χ4v) is 4.46. The maximum atomic E-state index is 11.7. The molecule has 0 heterocycles. The van der Waals surface area contributed by atoms with E-state index in [4.69, 9.17) is 4.43 Å². The molecule has 0 bridgehead atoms. The van der Waals surface area contributed by atoms with E-state index in [9.17, 15) is 4.79 Å². The Morgan fingerprint density at radius 1 is 1.35 bits per heavy atom. The Kier molecular flexibility index (Phi) is 4.32. The molecule has 1 atom stereocenters. The summed E-state index contributed by atoms with van der Waals surface area (Å²) in [5.74, 6) is 0.352. The first-order valence-corrected chi connectivity index (χ1v) is 11.0. The summed E-state index contributed by atoms with van der Waals surface area (Å²) in [5.41, 5.74) is 1.67. The lowest BCUT2D eigenvalue weighted by Gasteiger charge is -2.36. The highest BCUT2D eigenvalue weighted by atomic mass is 28.4. The van der Waals surface area contributed by atoms with Crippen molar-refractivity contribution < 1.29 is 9.22 Å². The predicted molar refractivity (Wildman–Crippen MR) is 86.4 cm³/mol. The van der Waals surface area contributed by atoms with Crippen molar-refractivity contribution in [1.29, 1.82) is 0 Å². The van der Waals surface area contributed by atoms with Gasteiger partial charge in [-0.3, -0.25) is 4.79 Å². The first-order chi connectivity index (χ1) is 9.16. The number of carbonyl (C=O) groups excluding carboxylic acids is 1. The van der Waals surface area contributed by atoms with Crippen LogP contribution in [0.5, 0.6) is 0 Å². The Hall–Kier alpha value is -0.413. The molecule has 0 radical (unpaired) electrons. The molecule has 2 aliphatic carbocycles. The molecule has 1 unspecified atom stereocenters. The summed E-state index contributed by atoms with van der Waals surface area (Å²) in [6, 6.07) is 0. The number of fused-ring (bicyclic) bond motifs is 1. The Labute approximate surface area is 125 Å². The molecule has 0 aromatic heterocycles. The zero-order chi connectivity index (χ0) is 15.0. The molecule has 20 heavy (non-hydrogen) atoms. The van der Waals surface area contributed by atoms with Gasteiger partial charge in [0, 0.05) is 13.0 Å². The van der Waals surface area contributed by atoms with Crippen LogP contribution < -0.4 is 0 Å². The van der Waals surface area contributed by atoms with Gasteiger partial charge in [-0.15, -0.1) is 0 Å². The Balaban J connectivity index is 1.83. The lowest BCUT2D eigenvalue weighted by Crippen LogP contribution is -2.41. The Morgan fingerprint density at radius 3 is 2.70 bits per heavy atom. The summed E-state index contributed by atoms with van der Waals surface area (Å²) in [6.07, 6.45) is 8.56. The fraction of sp³-hybridized carbons (Fsp3) is 0.824. The molecular weight excluding hydrogens is 264 g/mol. The number of allylic oxidation sites excluding steroid dienone is 2. The quantitative estimate of drug-likeness (QED) is 0.535. The van der Waals surface area contributed by atoms with Gasteiger partial charge in [0.05, 0.1) is 0 Å². The van der Waals surface area contributed by atoms with Gasteiger partial charge in [-0.2, -0.15) is 0 Å². The second-order valence-corrected chi connectivity index (χ2v) is 13.0. The van der Waals surface area contributed by atoms with E-state index in [0.717, 1.165) is 32.3 Å². The van der Waals surface area contributed by atoms with Crippen molar-refractivity contribution in [3.8, 4) is 0 Å². The van der Waals surface area contributed by atoms with Crippen LogP contribution in [-0.2, 0) is 9.22 Å². The first-order valence-electron chi connectivity index (χ1n) is 8.04. The van der Waals surface area contributed by atoms with Crippen LogP contribution in [0.15, 0.2) is 11.6 Å². The summed E-state index contributed by atoms with van der Waals surface area (Å²) < 4.78 is 6.26. The molecule has 2 nitrogen and oxygen atoms in total. The van der Waals surface area contributed by atoms with Crippen LogP contribution in [0, 0.1) is 5.41 Å². The third kappa shape index (κ3) is 3.09. The van der Waals surface area contributed by atoms with Crippen molar-refractivity contribution in [2.75, 3.05) is 6.61 Å². The maximum Gasteiger partial charge on any atom is 0.191 e. The summed E-state index contributed by atoms with van der Waals surface area (Å²) in [5, 5.41) is 0.285. The molecule has 0 spiro atoms. The van der Waals surface area contributed by atoms with Gasteiger partial charge in [-0.05, 0) is 61.7 Å². The summed E-state index contributed by atoms with van der Waals surface area (Å²) in [4.78, 5) is 11.7. The van der Waals surface area contributed by atoms with Crippen molar-refractivity contribution in [2.24, 2.45) is 5.41 Å². The van der Waals surface area contributed by atoms with Gasteiger partial charge < -0.3 is 4.43 Å². The summed E-state index contributed by atoms with van der Waals surface area (Å²) in [6.45, 7) is 12.3. The Bertz CT molecular complexity index is 417.